The molecule has 0 aromatic rings. The highest BCUT2D eigenvalue weighted by molar-refractivity contribution is 5.78. The number of carboxylic acids is 1. The smallest absolute Gasteiger partial charge is 0.395 e. The monoisotopic (exact) mass is 249 g/mol. The molecule has 1 aliphatic rings. The van der Waals surface area contributed by atoms with Crippen molar-refractivity contribution in [1.82, 2.24) is 4.90 Å². The maximum absolute atomic E-state index is 12.5. The van der Waals surface area contributed by atoms with Crippen molar-refractivity contribution in [3.8, 4) is 0 Å². The van der Waals surface area contributed by atoms with E-state index < -0.39 is 24.1 Å². The van der Waals surface area contributed by atoms with Gasteiger partial charge in [-0.25, -0.2) is 0 Å². The lowest BCUT2D eigenvalue weighted by atomic mass is 9.91. The predicted molar refractivity (Wildman–Crippen MR) is 56.5 cm³/mol. The molecular weight excluding hydrogens is 235 g/mol. The fourth-order valence-corrected chi connectivity index (χ4v) is 1.78. The van der Waals surface area contributed by atoms with Crippen LogP contribution in [0.15, 0.2) is 23.8 Å². The van der Waals surface area contributed by atoms with Gasteiger partial charge in [-0.15, -0.1) is 0 Å². The van der Waals surface area contributed by atoms with Crippen molar-refractivity contribution in [2.24, 2.45) is 5.92 Å². The van der Waals surface area contributed by atoms with Gasteiger partial charge in [0.25, 0.3) is 0 Å². The average Bonchev–Trinajstić information content (AvgIpc) is 2.15. The van der Waals surface area contributed by atoms with Crippen LogP contribution in [0.2, 0.25) is 0 Å². The quantitative estimate of drug-likeness (QED) is 0.832. The van der Waals surface area contributed by atoms with Gasteiger partial charge in [0, 0.05) is 0 Å². The van der Waals surface area contributed by atoms with Crippen molar-refractivity contribution < 1.29 is 23.1 Å². The third-order valence-corrected chi connectivity index (χ3v) is 2.58. The molecule has 0 radical (unpaired) electrons. The standard InChI is InChI=1S/C11H14F3NO2/c1-15(2)9(10(16)17)7-4-3-5-8(6-7)11(12,13)14/h3-4,6,8-9H,5H2,1-2H3,(H,16,17). The van der Waals surface area contributed by atoms with Gasteiger partial charge in [-0.05, 0) is 26.1 Å². The van der Waals surface area contributed by atoms with Crippen molar-refractivity contribution in [3.63, 3.8) is 0 Å². The molecule has 1 rings (SSSR count). The van der Waals surface area contributed by atoms with E-state index in [2.05, 4.69) is 0 Å². The Morgan fingerprint density at radius 2 is 2.12 bits per heavy atom. The molecular formula is C11H14F3NO2. The fraction of sp³-hybridized carbons (Fsp3) is 0.545. The Labute approximate surface area is 97.2 Å². The lowest BCUT2D eigenvalue weighted by Gasteiger charge is -2.26. The third-order valence-electron chi connectivity index (χ3n) is 2.58. The van der Waals surface area contributed by atoms with Crippen molar-refractivity contribution in [2.75, 3.05) is 14.1 Å². The van der Waals surface area contributed by atoms with Gasteiger partial charge < -0.3 is 5.11 Å². The van der Waals surface area contributed by atoms with Crippen LogP contribution in [-0.2, 0) is 4.79 Å². The first kappa shape index (κ1) is 13.8. The van der Waals surface area contributed by atoms with Crippen LogP contribution in [0.5, 0.6) is 0 Å². The number of carbonyl (C=O) groups is 1. The second-order valence-corrected chi connectivity index (χ2v) is 4.16. The van der Waals surface area contributed by atoms with Gasteiger partial charge in [-0.2, -0.15) is 13.2 Å². The minimum absolute atomic E-state index is 0.132. The van der Waals surface area contributed by atoms with Gasteiger partial charge in [0.05, 0.1) is 5.92 Å². The molecule has 1 N–H and O–H groups in total. The summed E-state index contributed by atoms with van der Waals surface area (Å²) in [6.07, 6.45) is -0.648. The summed E-state index contributed by atoms with van der Waals surface area (Å²) in [6.45, 7) is 0. The zero-order chi connectivity index (χ0) is 13.2. The number of alkyl halides is 3. The molecule has 2 atom stereocenters. The molecule has 1 aliphatic carbocycles. The van der Waals surface area contributed by atoms with E-state index in [0.717, 1.165) is 6.08 Å². The highest BCUT2D eigenvalue weighted by atomic mass is 19.4. The Kier molecular flexibility index (Phi) is 3.98. The summed E-state index contributed by atoms with van der Waals surface area (Å²) in [5, 5.41) is 8.99. The Morgan fingerprint density at radius 1 is 1.53 bits per heavy atom. The molecule has 0 spiro atoms. The fourth-order valence-electron chi connectivity index (χ4n) is 1.78. The molecule has 96 valence electrons. The van der Waals surface area contributed by atoms with Crippen molar-refractivity contribution >= 4 is 5.97 Å². The van der Waals surface area contributed by atoms with E-state index in [4.69, 9.17) is 5.11 Å². The summed E-state index contributed by atoms with van der Waals surface area (Å²) < 4.78 is 37.6. The molecule has 6 heteroatoms. The largest absolute Gasteiger partial charge is 0.480 e. The summed E-state index contributed by atoms with van der Waals surface area (Å²) in [7, 11) is 3.04. The molecule has 0 aromatic heterocycles. The van der Waals surface area contributed by atoms with E-state index in [-0.39, 0.29) is 12.0 Å². The van der Waals surface area contributed by atoms with Crippen LogP contribution in [0.25, 0.3) is 0 Å². The number of nitrogens with zero attached hydrogens (tertiary/aromatic N) is 1. The lowest BCUT2D eigenvalue weighted by Crippen LogP contribution is -2.38. The molecule has 0 saturated carbocycles. The van der Waals surface area contributed by atoms with Crippen molar-refractivity contribution in [2.45, 2.75) is 18.6 Å². The van der Waals surface area contributed by atoms with Crippen molar-refractivity contribution in [3.05, 3.63) is 23.8 Å². The molecule has 17 heavy (non-hydrogen) atoms. The summed E-state index contributed by atoms with van der Waals surface area (Å²) in [5.41, 5.74) is 0.177. The lowest BCUT2D eigenvalue weighted by molar-refractivity contribution is -0.161. The van der Waals surface area contributed by atoms with Crippen LogP contribution in [0.1, 0.15) is 6.42 Å². The first-order chi connectivity index (χ1) is 7.73. The van der Waals surface area contributed by atoms with Crippen molar-refractivity contribution in [1.29, 1.82) is 0 Å². The van der Waals surface area contributed by atoms with Crippen LogP contribution >= 0.6 is 0 Å². The van der Waals surface area contributed by atoms with E-state index >= 15 is 0 Å². The van der Waals surface area contributed by atoms with Crippen LogP contribution in [-0.4, -0.2) is 42.3 Å². The zero-order valence-electron chi connectivity index (χ0n) is 9.53. The topological polar surface area (TPSA) is 40.5 Å². The maximum Gasteiger partial charge on any atom is 0.395 e. The predicted octanol–water partition coefficient (Wildman–Crippen LogP) is 2.07. The third kappa shape index (κ3) is 3.33. The van der Waals surface area contributed by atoms with Gasteiger partial charge >= 0.3 is 12.1 Å². The Balaban J connectivity index is 3.00. The Bertz CT molecular complexity index is 358. The minimum Gasteiger partial charge on any atom is -0.480 e. The molecule has 0 bridgehead atoms. The molecule has 2 unspecified atom stereocenters. The Morgan fingerprint density at radius 3 is 2.53 bits per heavy atom. The first-order valence-corrected chi connectivity index (χ1v) is 5.07. The number of hydrogen-bond acceptors (Lipinski definition) is 2. The first-order valence-electron chi connectivity index (χ1n) is 5.07. The molecule has 0 aromatic carbocycles. The Hall–Kier alpha value is -1.30. The van der Waals surface area contributed by atoms with E-state index in [1.165, 1.54) is 31.1 Å². The highest BCUT2D eigenvalue weighted by Gasteiger charge is 2.39. The van der Waals surface area contributed by atoms with Crippen LogP contribution in [0.4, 0.5) is 13.2 Å². The van der Waals surface area contributed by atoms with E-state index in [1.54, 1.807) is 0 Å². The highest BCUT2D eigenvalue weighted by Crippen LogP contribution is 2.34. The molecule has 0 amide bonds. The van der Waals surface area contributed by atoms with Gasteiger partial charge in [-0.3, -0.25) is 9.69 Å². The second-order valence-electron chi connectivity index (χ2n) is 4.16. The van der Waals surface area contributed by atoms with Gasteiger partial charge in [-0.1, -0.05) is 18.2 Å². The second kappa shape index (κ2) is 4.91. The molecule has 0 saturated heterocycles. The SMILES string of the molecule is CN(C)C(C(=O)O)C1=CC(C(F)(F)F)CC=C1. The summed E-state index contributed by atoms with van der Waals surface area (Å²) >= 11 is 0. The number of allylic oxidation sites excluding steroid dienone is 2. The number of likely N-dealkylation sites (N-methyl/N-ethyl adjacent to an activating group) is 1. The van der Waals surface area contributed by atoms with E-state index in [0.29, 0.717) is 0 Å². The van der Waals surface area contributed by atoms with Gasteiger partial charge in [0.2, 0.25) is 0 Å². The summed E-state index contributed by atoms with van der Waals surface area (Å²) in [4.78, 5) is 12.4. The molecule has 0 aliphatic heterocycles. The number of carboxylic acid groups (broad SMARTS) is 1. The minimum atomic E-state index is -4.33. The van der Waals surface area contributed by atoms with Gasteiger partial charge in [0.15, 0.2) is 0 Å². The number of rotatable bonds is 3. The number of aliphatic carboxylic acids is 1. The van der Waals surface area contributed by atoms with Crippen LogP contribution < -0.4 is 0 Å². The van der Waals surface area contributed by atoms with Gasteiger partial charge in [0.1, 0.15) is 6.04 Å². The zero-order valence-corrected chi connectivity index (χ0v) is 9.53. The van der Waals surface area contributed by atoms with E-state index in [1.807, 2.05) is 0 Å². The maximum atomic E-state index is 12.5. The number of halogens is 3. The number of hydrogen-bond donors (Lipinski definition) is 1. The molecule has 0 fully saturated rings. The molecule has 3 nitrogen and oxygen atoms in total. The molecule has 0 heterocycles. The summed E-state index contributed by atoms with van der Waals surface area (Å²) in [6, 6.07) is -1.05. The summed E-state index contributed by atoms with van der Waals surface area (Å²) in [5.74, 6) is -2.75. The van der Waals surface area contributed by atoms with Crippen LogP contribution in [0, 0.1) is 5.92 Å². The average molecular weight is 249 g/mol. The van der Waals surface area contributed by atoms with Crippen LogP contribution in [0.3, 0.4) is 0 Å². The normalized spacial score (nSPS) is 22.5. The van der Waals surface area contributed by atoms with E-state index in [9.17, 15) is 18.0 Å².